The molecule has 5 aliphatic rings. The Hall–Kier alpha value is -3.95. The zero-order valence-electron chi connectivity index (χ0n) is 34.4. The minimum atomic E-state index is -3.63. The van der Waals surface area contributed by atoms with Gasteiger partial charge in [-0.3, -0.25) is 23.9 Å². The van der Waals surface area contributed by atoms with Crippen molar-refractivity contribution in [3.63, 3.8) is 0 Å². The number of amides is 2. The van der Waals surface area contributed by atoms with Crippen molar-refractivity contribution in [1.82, 2.24) is 19.4 Å². The Morgan fingerprint density at radius 3 is 2.80 bits per heavy atom. The van der Waals surface area contributed by atoms with Gasteiger partial charge >= 0.3 is 0 Å². The van der Waals surface area contributed by atoms with Gasteiger partial charge in [-0.05, 0) is 104 Å². The number of hydrogen-bond acceptors (Lipinski definition) is 10. The Kier molecular flexibility index (Phi) is 12.7. The van der Waals surface area contributed by atoms with Crippen molar-refractivity contribution in [2.45, 2.75) is 63.4 Å². The average Bonchev–Trinajstić information content (AvgIpc) is 3.53. The van der Waals surface area contributed by atoms with Gasteiger partial charge in [-0.15, -0.1) is 9.46 Å². The summed E-state index contributed by atoms with van der Waals surface area (Å²) in [5.74, 6) is -0.158. The zero-order chi connectivity index (χ0) is 41.1. The molecule has 2 aromatic carbocycles. The third-order valence-corrected chi connectivity index (χ3v) is 15.0. The van der Waals surface area contributed by atoms with Crippen LogP contribution in [0.4, 0.5) is 5.69 Å². The summed E-state index contributed by atoms with van der Waals surface area (Å²) < 4.78 is 47.6. The van der Waals surface area contributed by atoms with Gasteiger partial charge < -0.3 is 23.8 Å². The van der Waals surface area contributed by atoms with Gasteiger partial charge in [-0.1, -0.05) is 36.7 Å². The number of carbonyl (C=O) groups excluding carboxylic acids is 2. The molecule has 2 fully saturated rings. The van der Waals surface area contributed by atoms with Crippen LogP contribution in [0.1, 0.15) is 77.3 Å². The van der Waals surface area contributed by atoms with Gasteiger partial charge in [0, 0.05) is 68.6 Å². The maximum Gasteiger partial charge on any atom is 0.286 e. The molecule has 1 unspecified atom stereocenters. The van der Waals surface area contributed by atoms with E-state index in [1.807, 2.05) is 25.1 Å². The van der Waals surface area contributed by atoms with E-state index in [9.17, 15) is 13.8 Å². The fraction of sp³-hybridized carbons (Fsp3) is 0.568. The third-order valence-electron chi connectivity index (χ3n) is 12.8. The first-order valence-corrected chi connectivity index (χ1v) is 23.2. The number of hydrogen-bond donors (Lipinski definition) is 1. The smallest absolute Gasteiger partial charge is 0.286 e. The molecule has 1 saturated heterocycles. The Balaban J connectivity index is 1.15. The van der Waals surface area contributed by atoms with Gasteiger partial charge in [0.25, 0.3) is 11.8 Å². The highest BCUT2D eigenvalue weighted by molar-refractivity contribution is 7.92. The number of anilines is 1. The van der Waals surface area contributed by atoms with E-state index >= 15 is 0 Å². The van der Waals surface area contributed by atoms with Crippen LogP contribution in [0.2, 0.25) is 5.02 Å². The molecular formula is C44H57ClN6O7S. The standard InChI is InChI=1S/C44H57ClN6O7S/c1-30-7-4-9-39(57-20-6-17-50-18-21-56-22-19-50)35-13-10-33(35)25-51-28-44(16-5-8-31-23-34(45)12-14-37(31)44)29-58-40-15-11-32(24-38(40)51)41(52)47-59(54,27-30)48-42(53)36-26-49(2)46-43(36)55-3/h4,9,11-12,14-15,23-24,26,30,33,35,39H,5-8,10,13,16-22,25,27-29H2,1-3H3,(H,47,48,52,53,54)/b9-4-/t30-,33-,35+,39-,44-,59?/m0/s1. The Bertz CT molecular complexity index is 2180. The summed E-state index contributed by atoms with van der Waals surface area (Å²) in [7, 11) is -0.554. The van der Waals surface area contributed by atoms with Crippen LogP contribution < -0.4 is 19.1 Å². The lowest BCUT2D eigenvalue weighted by Gasteiger charge is -2.46. The van der Waals surface area contributed by atoms with Crippen molar-refractivity contribution in [3.8, 4) is 11.6 Å². The number of morpholine rings is 1. The maximum atomic E-state index is 14.8. The highest BCUT2D eigenvalue weighted by Crippen LogP contribution is 2.47. The van der Waals surface area contributed by atoms with Crippen LogP contribution >= 0.6 is 11.6 Å². The van der Waals surface area contributed by atoms with Gasteiger partial charge in [-0.2, -0.15) is 0 Å². The first-order valence-electron chi connectivity index (χ1n) is 21.1. The van der Waals surface area contributed by atoms with Crippen LogP contribution in [0.25, 0.3) is 0 Å². The summed E-state index contributed by atoms with van der Waals surface area (Å²) >= 11 is 6.52. The number of methoxy groups -OCH3 is 1. The molecule has 6 atom stereocenters. The predicted octanol–water partition coefficient (Wildman–Crippen LogP) is 6.24. The van der Waals surface area contributed by atoms with Gasteiger partial charge in [0.05, 0.1) is 44.5 Å². The molecule has 1 saturated carbocycles. The van der Waals surface area contributed by atoms with Crippen LogP contribution in [0.15, 0.2) is 59.1 Å². The monoisotopic (exact) mass is 848 g/mol. The maximum absolute atomic E-state index is 14.8. The van der Waals surface area contributed by atoms with Crippen molar-refractivity contribution >= 4 is 39.0 Å². The Labute approximate surface area is 353 Å². The highest BCUT2D eigenvalue weighted by Gasteiger charge is 2.44. The van der Waals surface area contributed by atoms with Crippen molar-refractivity contribution < 1.29 is 32.7 Å². The zero-order valence-corrected chi connectivity index (χ0v) is 36.0. The van der Waals surface area contributed by atoms with Crippen LogP contribution in [0.3, 0.4) is 0 Å². The van der Waals surface area contributed by atoms with Crippen molar-refractivity contribution in [2.24, 2.45) is 29.2 Å². The van der Waals surface area contributed by atoms with Gasteiger partial charge in [0.1, 0.15) is 21.2 Å². The number of aryl methyl sites for hydroxylation is 2. The summed E-state index contributed by atoms with van der Waals surface area (Å²) in [6, 6.07) is 11.6. The average molecular weight is 849 g/mol. The van der Waals surface area contributed by atoms with Crippen LogP contribution in [-0.4, -0.2) is 109 Å². The molecule has 1 spiro atoms. The van der Waals surface area contributed by atoms with Crippen molar-refractivity contribution in [2.75, 3.05) is 76.9 Å². The highest BCUT2D eigenvalue weighted by atomic mass is 35.5. The van der Waals surface area contributed by atoms with Gasteiger partial charge in [0.15, 0.2) is 0 Å². The number of nitrogens with zero attached hydrogens (tertiary/aromatic N) is 5. The van der Waals surface area contributed by atoms with Crippen LogP contribution in [0.5, 0.6) is 11.6 Å². The summed E-state index contributed by atoms with van der Waals surface area (Å²) in [5.41, 5.74) is 3.42. The molecule has 4 heterocycles. The molecule has 3 aromatic rings. The molecule has 318 valence electrons. The van der Waals surface area contributed by atoms with E-state index < -0.39 is 21.7 Å². The molecule has 3 aliphatic heterocycles. The molecule has 13 nitrogen and oxygen atoms in total. The van der Waals surface area contributed by atoms with E-state index in [4.69, 9.17) is 30.5 Å². The van der Waals surface area contributed by atoms with E-state index in [1.54, 1.807) is 13.1 Å². The first kappa shape index (κ1) is 41.8. The van der Waals surface area contributed by atoms with E-state index in [0.717, 1.165) is 88.6 Å². The third kappa shape index (κ3) is 9.36. The topological polar surface area (TPSA) is 137 Å². The second-order valence-corrected chi connectivity index (χ2v) is 19.5. The van der Waals surface area contributed by atoms with E-state index in [1.165, 1.54) is 29.1 Å². The number of nitrogens with one attached hydrogen (secondary N) is 1. The predicted molar refractivity (Wildman–Crippen MR) is 228 cm³/mol. The number of aromatic nitrogens is 2. The number of halogens is 1. The van der Waals surface area contributed by atoms with E-state index in [0.29, 0.717) is 43.8 Å². The van der Waals surface area contributed by atoms with Crippen LogP contribution in [-0.2, 0) is 38.3 Å². The first-order chi connectivity index (χ1) is 28.5. The number of rotatable bonds is 8. The van der Waals surface area contributed by atoms with Gasteiger partial charge in [0.2, 0.25) is 5.88 Å². The number of carbonyl (C=O) groups is 2. The second kappa shape index (κ2) is 18.0. The lowest BCUT2D eigenvalue weighted by atomic mass is 9.68. The molecule has 2 amide bonds. The van der Waals surface area contributed by atoms with E-state index in [2.05, 4.69) is 48.3 Å². The SMILES string of the molecule is COc1nn(C)cc1C(=O)NS1(=O)=NC(=O)c2ccc3c(c2)N(C[C@@H]2CC[C@H]2[C@@H](OCCCN2CCOCC2)/C=C\C[C@H](C)C1)C[C@@]1(CCCc2cc(Cl)ccc21)CO3. The molecule has 59 heavy (non-hydrogen) atoms. The van der Waals surface area contributed by atoms with Gasteiger partial charge in [-0.25, -0.2) is 4.21 Å². The quantitative estimate of drug-likeness (QED) is 0.205. The van der Waals surface area contributed by atoms with Crippen molar-refractivity contribution in [1.29, 1.82) is 0 Å². The number of fused-ring (bicyclic) bond motifs is 4. The summed E-state index contributed by atoms with van der Waals surface area (Å²) in [6.45, 7) is 8.98. The lowest BCUT2D eigenvalue weighted by Crippen LogP contribution is -2.49. The Morgan fingerprint density at radius 1 is 1.15 bits per heavy atom. The molecule has 0 radical (unpaired) electrons. The largest absolute Gasteiger partial charge is 0.490 e. The summed E-state index contributed by atoms with van der Waals surface area (Å²) in [4.78, 5) is 32.7. The minimum absolute atomic E-state index is 0.0410. The fourth-order valence-corrected chi connectivity index (χ4v) is 11.7. The minimum Gasteiger partial charge on any atom is -0.490 e. The molecule has 2 bridgehead atoms. The molecule has 15 heteroatoms. The molecular weight excluding hydrogens is 792 g/mol. The van der Waals surface area contributed by atoms with E-state index in [-0.39, 0.29) is 40.2 Å². The number of benzene rings is 2. The normalized spacial score (nSPS) is 29.2. The fourth-order valence-electron chi connectivity index (χ4n) is 9.60. The molecule has 1 N–H and O–H groups in total. The lowest BCUT2D eigenvalue weighted by molar-refractivity contribution is -0.0203. The molecule has 1 aromatic heterocycles. The molecule has 2 aliphatic carbocycles. The number of ether oxygens (including phenoxy) is 4. The second-order valence-electron chi connectivity index (χ2n) is 17.1. The van der Waals surface area contributed by atoms with Crippen molar-refractivity contribution in [3.05, 3.63) is 82.0 Å². The number of allylic oxidation sites excluding steroid dienone is 1. The van der Waals surface area contributed by atoms with Crippen LogP contribution in [0, 0.1) is 17.8 Å². The summed E-state index contributed by atoms with van der Waals surface area (Å²) in [5, 5.41) is 4.92. The summed E-state index contributed by atoms with van der Waals surface area (Å²) in [6.07, 6.45) is 12.3. The Morgan fingerprint density at radius 2 is 2.00 bits per heavy atom. The molecule has 8 rings (SSSR count).